The lowest BCUT2D eigenvalue weighted by Gasteiger charge is -2.18. The van der Waals surface area contributed by atoms with Gasteiger partial charge in [0.15, 0.2) is 0 Å². The first-order chi connectivity index (χ1) is 10.1. The predicted molar refractivity (Wildman–Crippen MR) is 83.3 cm³/mol. The van der Waals surface area contributed by atoms with Gasteiger partial charge in [0, 0.05) is 11.1 Å². The van der Waals surface area contributed by atoms with Gasteiger partial charge in [-0.2, -0.15) is 0 Å². The fourth-order valence-electron chi connectivity index (χ4n) is 1.62. The molecule has 2 rings (SSSR count). The molecule has 0 saturated heterocycles. The summed E-state index contributed by atoms with van der Waals surface area (Å²) < 4.78 is 0. The minimum atomic E-state index is -1.76. The van der Waals surface area contributed by atoms with Gasteiger partial charge in [0.25, 0.3) is 0 Å². The van der Waals surface area contributed by atoms with E-state index in [1.165, 1.54) is 6.92 Å². The van der Waals surface area contributed by atoms with Crippen LogP contribution in [0.25, 0.3) is 0 Å². The quantitative estimate of drug-likeness (QED) is 0.784. The molecule has 0 spiro atoms. The third-order valence-electron chi connectivity index (χ3n) is 2.95. The van der Waals surface area contributed by atoms with Gasteiger partial charge < -0.3 is 10.2 Å². The van der Waals surface area contributed by atoms with E-state index in [0.717, 1.165) is 11.1 Å². The van der Waals surface area contributed by atoms with Crippen molar-refractivity contribution in [2.45, 2.75) is 18.6 Å². The Bertz CT molecular complexity index is 638. The fourth-order valence-corrected chi connectivity index (χ4v) is 1.62. The summed E-state index contributed by atoms with van der Waals surface area (Å²) >= 11 is 0. The Kier molecular flexibility index (Phi) is 4.80. The van der Waals surface area contributed by atoms with E-state index in [0.29, 0.717) is 0 Å². The maximum atomic E-state index is 10.4. The van der Waals surface area contributed by atoms with Crippen LogP contribution in [0.15, 0.2) is 60.7 Å². The molecule has 0 fully saturated rings. The number of aliphatic hydroxyl groups excluding tert-OH is 1. The van der Waals surface area contributed by atoms with E-state index >= 15 is 0 Å². The first-order valence-electron chi connectivity index (χ1n) is 6.67. The average Bonchev–Trinajstić information content (AvgIpc) is 2.53. The van der Waals surface area contributed by atoms with Gasteiger partial charge >= 0.3 is 0 Å². The molecular weight excluding hydrogens is 260 g/mol. The summed E-state index contributed by atoms with van der Waals surface area (Å²) in [5, 5.41) is 20.2. The van der Waals surface area contributed by atoms with Crippen LogP contribution in [-0.4, -0.2) is 21.9 Å². The van der Waals surface area contributed by atoms with Gasteiger partial charge in [0.1, 0.15) is 6.10 Å². The molecule has 0 radical (unpaired) electrons. The molecule has 104 valence electrons. The third kappa shape index (κ3) is 4.23. The first-order valence-corrected chi connectivity index (χ1v) is 6.67. The van der Waals surface area contributed by atoms with Crippen molar-refractivity contribution in [3.8, 4) is 23.7 Å². The Hall–Kier alpha value is -2.52. The van der Waals surface area contributed by atoms with Gasteiger partial charge in [-0.15, -0.1) is 0 Å². The van der Waals surface area contributed by atoms with Crippen molar-refractivity contribution in [3.05, 3.63) is 71.8 Å². The molecule has 1 unspecified atom stereocenters. The zero-order valence-electron chi connectivity index (χ0n) is 11.7. The minimum absolute atomic E-state index is 0.762. The molecule has 0 aromatic heterocycles. The number of benzene rings is 2. The first kappa shape index (κ1) is 14.9. The minimum Gasteiger partial charge on any atom is -0.388 e. The molecule has 2 aromatic rings. The van der Waals surface area contributed by atoms with E-state index in [-0.39, 0.29) is 0 Å². The van der Waals surface area contributed by atoms with Crippen LogP contribution >= 0.6 is 0 Å². The van der Waals surface area contributed by atoms with Crippen molar-refractivity contribution in [2.75, 3.05) is 0 Å². The van der Waals surface area contributed by atoms with E-state index in [1.54, 1.807) is 0 Å². The van der Waals surface area contributed by atoms with Gasteiger partial charge in [-0.05, 0) is 43.0 Å². The molecule has 0 bridgehead atoms. The highest BCUT2D eigenvalue weighted by atomic mass is 16.3. The summed E-state index contributed by atoms with van der Waals surface area (Å²) in [7, 11) is 0. The Balaban J connectivity index is 2.30. The summed E-state index contributed by atoms with van der Waals surface area (Å²) in [4.78, 5) is 0. The van der Waals surface area contributed by atoms with Crippen molar-refractivity contribution in [1.82, 2.24) is 0 Å². The number of aliphatic hydroxyl groups is 2. The Morgan fingerprint density at radius 3 is 1.52 bits per heavy atom. The smallest absolute Gasteiger partial charge is 0.214 e. The second-order valence-electron chi connectivity index (χ2n) is 4.67. The molecule has 0 amide bonds. The van der Waals surface area contributed by atoms with E-state index in [1.807, 2.05) is 60.7 Å². The SMILES string of the molecule is CC(O)C(O)(C#Cc1ccccc1)C#Cc1ccccc1. The molecule has 0 saturated carbocycles. The maximum absolute atomic E-state index is 10.4. The molecule has 1 atom stereocenters. The zero-order valence-corrected chi connectivity index (χ0v) is 11.7. The van der Waals surface area contributed by atoms with Crippen LogP contribution in [0.4, 0.5) is 0 Å². The average molecular weight is 276 g/mol. The van der Waals surface area contributed by atoms with Gasteiger partial charge in [-0.3, -0.25) is 0 Å². The summed E-state index contributed by atoms with van der Waals surface area (Å²) in [6.45, 7) is 1.47. The summed E-state index contributed by atoms with van der Waals surface area (Å²) in [6.07, 6.45) is -1.08. The maximum Gasteiger partial charge on any atom is 0.214 e. The molecule has 0 aliphatic heterocycles. The largest absolute Gasteiger partial charge is 0.388 e. The van der Waals surface area contributed by atoms with Crippen LogP contribution in [0.1, 0.15) is 18.1 Å². The predicted octanol–water partition coefficient (Wildman–Crippen LogP) is 2.20. The van der Waals surface area contributed by atoms with E-state index in [4.69, 9.17) is 0 Å². The topological polar surface area (TPSA) is 40.5 Å². The van der Waals surface area contributed by atoms with Crippen molar-refractivity contribution in [1.29, 1.82) is 0 Å². The highest BCUT2D eigenvalue weighted by molar-refractivity contribution is 5.44. The summed E-state index contributed by atoms with van der Waals surface area (Å²) in [5.74, 6) is 11.0. The molecule has 0 aliphatic carbocycles. The lowest BCUT2D eigenvalue weighted by Crippen LogP contribution is -2.37. The van der Waals surface area contributed by atoms with Crippen LogP contribution in [0.5, 0.6) is 0 Å². The van der Waals surface area contributed by atoms with E-state index < -0.39 is 11.7 Å². The van der Waals surface area contributed by atoms with Crippen LogP contribution in [0.3, 0.4) is 0 Å². The molecule has 0 aliphatic rings. The number of rotatable bonds is 1. The van der Waals surface area contributed by atoms with E-state index in [9.17, 15) is 10.2 Å². The lowest BCUT2D eigenvalue weighted by molar-refractivity contribution is 0.0201. The molecule has 2 nitrogen and oxygen atoms in total. The molecule has 21 heavy (non-hydrogen) atoms. The van der Waals surface area contributed by atoms with Crippen molar-refractivity contribution in [2.24, 2.45) is 0 Å². The second-order valence-corrected chi connectivity index (χ2v) is 4.67. The highest BCUT2D eigenvalue weighted by Crippen LogP contribution is 2.10. The van der Waals surface area contributed by atoms with Crippen LogP contribution in [0.2, 0.25) is 0 Å². The second kappa shape index (κ2) is 6.77. The zero-order chi connectivity index (χ0) is 15.1. The monoisotopic (exact) mass is 276 g/mol. The van der Waals surface area contributed by atoms with Gasteiger partial charge in [0.2, 0.25) is 5.60 Å². The Morgan fingerprint density at radius 1 is 0.810 bits per heavy atom. The molecule has 0 heterocycles. The molecular formula is C19H16O2. The summed E-state index contributed by atoms with van der Waals surface area (Å²) in [5.41, 5.74) is -0.234. The van der Waals surface area contributed by atoms with Crippen LogP contribution in [-0.2, 0) is 0 Å². The molecule has 2 heteroatoms. The van der Waals surface area contributed by atoms with Gasteiger partial charge in [0.05, 0.1) is 0 Å². The van der Waals surface area contributed by atoms with Crippen molar-refractivity contribution >= 4 is 0 Å². The van der Waals surface area contributed by atoms with Crippen LogP contribution in [0, 0.1) is 23.7 Å². The Labute approximate surface area is 125 Å². The fraction of sp³-hybridized carbons (Fsp3) is 0.158. The standard InChI is InChI=1S/C19H16O2/c1-16(20)19(21,14-12-17-8-4-2-5-9-17)15-13-18-10-6-3-7-11-18/h2-11,16,20-21H,1H3. The summed E-state index contributed by atoms with van der Waals surface area (Å²) in [6, 6.07) is 18.6. The third-order valence-corrected chi connectivity index (χ3v) is 2.95. The van der Waals surface area contributed by atoms with Crippen molar-refractivity contribution < 1.29 is 10.2 Å². The van der Waals surface area contributed by atoms with Crippen LogP contribution < -0.4 is 0 Å². The molecule has 2 aromatic carbocycles. The van der Waals surface area contributed by atoms with Crippen molar-refractivity contribution in [3.63, 3.8) is 0 Å². The normalized spacial score (nSPS) is 11.6. The number of hydrogen-bond donors (Lipinski definition) is 2. The van der Waals surface area contributed by atoms with E-state index in [2.05, 4.69) is 23.7 Å². The van der Waals surface area contributed by atoms with Gasteiger partial charge in [-0.1, -0.05) is 48.2 Å². The number of hydrogen-bond acceptors (Lipinski definition) is 2. The highest BCUT2D eigenvalue weighted by Gasteiger charge is 2.28. The Morgan fingerprint density at radius 2 is 1.19 bits per heavy atom. The van der Waals surface area contributed by atoms with Gasteiger partial charge in [-0.25, -0.2) is 0 Å². The lowest BCUT2D eigenvalue weighted by atomic mass is 9.98. The molecule has 2 N–H and O–H groups in total.